The molecule has 6 aromatic carbocycles. The zero-order valence-electron chi connectivity index (χ0n) is 30.1. The normalized spacial score (nSPS) is 16.2. The number of hydrogen-bond acceptors (Lipinski definition) is 1. The average molecular weight is 672 g/mol. The number of allylic oxidation sites excluding steroid dienone is 4. The Hall–Kier alpha value is -5.92. The minimum absolute atomic E-state index is 0.521. The summed E-state index contributed by atoms with van der Waals surface area (Å²) < 4.78 is 0. The van der Waals surface area contributed by atoms with Crippen molar-refractivity contribution in [3.8, 4) is 0 Å². The van der Waals surface area contributed by atoms with E-state index in [0.29, 0.717) is 12.0 Å². The van der Waals surface area contributed by atoms with Crippen molar-refractivity contribution < 1.29 is 0 Å². The molecule has 0 radical (unpaired) electrons. The molecule has 8 rings (SSSR count). The SMILES string of the molecule is Cc1ccc(C(=CC=Cc2ccc3c(c2)C2CCCC2N3c2ccc(C=CC=C(c3ccccc3)c3ccccc3)cc2)c2ccc(C)cc2)cc1. The van der Waals surface area contributed by atoms with Crippen LogP contribution in [-0.2, 0) is 0 Å². The van der Waals surface area contributed by atoms with E-state index in [2.05, 4.69) is 207 Å². The van der Waals surface area contributed by atoms with Crippen LogP contribution in [0.2, 0.25) is 0 Å². The highest BCUT2D eigenvalue weighted by Crippen LogP contribution is 2.52. The number of anilines is 2. The Labute approximate surface area is 309 Å². The minimum atomic E-state index is 0.521. The quantitative estimate of drug-likeness (QED) is 0.138. The predicted molar refractivity (Wildman–Crippen MR) is 223 cm³/mol. The number of rotatable bonds is 9. The molecule has 1 heteroatoms. The third-order valence-electron chi connectivity index (χ3n) is 10.7. The second-order valence-electron chi connectivity index (χ2n) is 14.2. The molecule has 2 aliphatic rings. The molecule has 0 aromatic heterocycles. The fourth-order valence-corrected chi connectivity index (χ4v) is 7.99. The molecule has 1 aliphatic heterocycles. The standard InChI is InChI=1S/C51H45N/c1-37-22-29-43(30-23-37)47(44-31-24-38(2)25-32-44)19-10-13-40-28-35-51-49(36-40)48-20-11-21-50(48)52(51)45-33-26-39(27-34-45)12-9-18-46(41-14-5-3-6-15-41)42-16-7-4-8-17-42/h3-10,12-19,22-36,48,50H,11,20-21H2,1-2H3. The van der Waals surface area contributed by atoms with Crippen LogP contribution in [0.3, 0.4) is 0 Å². The van der Waals surface area contributed by atoms with Crippen LogP contribution in [0.15, 0.2) is 176 Å². The Morgan fingerprint density at radius 3 is 1.58 bits per heavy atom. The molecular weight excluding hydrogens is 627 g/mol. The lowest BCUT2D eigenvalue weighted by Crippen LogP contribution is -2.26. The van der Waals surface area contributed by atoms with E-state index in [-0.39, 0.29) is 0 Å². The van der Waals surface area contributed by atoms with E-state index in [1.54, 1.807) is 0 Å². The van der Waals surface area contributed by atoms with Gasteiger partial charge in [0.15, 0.2) is 0 Å². The molecule has 0 bridgehead atoms. The molecule has 2 unspecified atom stereocenters. The Bertz CT molecular complexity index is 2160. The van der Waals surface area contributed by atoms with Gasteiger partial charge >= 0.3 is 0 Å². The average Bonchev–Trinajstić information content (AvgIpc) is 3.78. The van der Waals surface area contributed by atoms with Crippen molar-refractivity contribution in [2.24, 2.45) is 0 Å². The summed E-state index contributed by atoms with van der Waals surface area (Å²) in [7, 11) is 0. The van der Waals surface area contributed by atoms with Crippen molar-refractivity contribution in [2.75, 3.05) is 4.90 Å². The van der Waals surface area contributed by atoms with Crippen molar-refractivity contribution in [1.82, 2.24) is 0 Å². The monoisotopic (exact) mass is 671 g/mol. The van der Waals surface area contributed by atoms with E-state index in [1.165, 1.54) is 91.9 Å². The second kappa shape index (κ2) is 15.1. The van der Waals surface area contributed by atoms with E-state index >= 15 is 0 Å². The Balaban J connectivity index is 1.03. The Morgan fingerprint density at radius 2 is 1.02 bits per heavy atom. The first-order valence-electron chi connectivity index (χ1n) is 18.7. The van der Waals surface area contributed by atoms with Crippen LogP contribution < -0.4 is 4.90 Å². The predicted octanol–water partition coefficient (Wildman–Crippen LogP) is 13.4. The van der Waals surface area contributed by atoms with Gasteiger partial charge in [0.2, 0.25) is 0 Å². The molecule has 1 heterocycles. The molecule has 0 saturated heterocycles. The lowest BCUT2D eigenvalue weighted by molar-refractivity contribution is 0.642. The van der Waals surface area contributed by atoms with Crippen LogP contribution in [0.25, 0.3) is 23.3 Å². The number of benzene rings is 6. The second-order valence-corrected chi connectivity index (χ2v) is 14.2. The highest BCUT2D eigenvalue weighted by Gasteiger charge is 2.42. The van der Waals surface area contributed by atoms with Crippen LogP contribution in [0.5, 0.6) is 0 Å². The summed E-state index contributed by atoms with van der Waals surface area (Å²) >= 11 is 0. The summed E-state index contributed by atoms with van der Waals surface area (Å²) in [5.74, 6) is 0.577. The molecule has 1 fully saturated rings. The van der Waals surface area contributed by atoms with Crippen LogP contribution in [0.1, 0.15) is 75.3 Å². The summed E-state index contributed by atoms with van der Waals surface area (Å²) in [4.78, 5) is 2.61. The Kier molecular flexibility index (Phi) is 9.67. The van der Waals surface area contributed by atoms with E-state index in [9.17, 15) is 0 Å². The maximum atomic E-state index is 2.61. The summed E-state index contributed by atoms with van der Waals surface area (Å²) in [6, 6.07) is 55.7. The molecule has 52 heavy (non-hydrogen) atoms. The lowest BCUT2D eigenvalue weighted by atomic mass is 9.95. The van der Waals surface area contributed by atoms with Crippen LogP contribution >= 0.6 is 0 Å². The first-order valence-corrected chi connectivity index (χ1v) is 18.7. The number of nitrogens with zero attached hydrogens (tertiary/aromatic N) is 1. The fraction of sp³-hybridized carbons (Fsp3) is 0.137. The fourth-order valence-electron chi connectivity index (χ4n) is 7.99. The van der Waals surface area contributed by atoms with E-state index in [1.807, 2.05) is 0 Å². The highest BCUT2D eigenvalue weighted by atomic mass is 15.2. The van der Waals surface area contributed by atoms with Gasteiger partial charge in [0.1, 0.15) is 0 Å². The van der Waals surface area contributed by atoms with Crippen LogP contribution in [0, 0.1) is 13.8 Å². The molecular formula is C51H45N. The van der Waals surface area contributed by atoms with Gasteiger partial charge in [-0.15, -0.1) is 0 Å². The van der Waals surface area contributed by atoms with Gasteiger partial charge in [-0.25, -0.2) is 0 Å². The molecule has 2 atom stereocenters. The first-order chi connectivity index (χ1) is 25.6. The summed E-state index contributed by atoms with van der Waals surface area (Å²) in [6.45, 7) is 4.28. The van der Waals surface area contributed by atoms with E-state index in [0.717, 1.165) is 0 Å². The molecule has 1 saturated carbocycles. The van der Waals surface area contributed by atoms with E-state index in [4.69, 9.17) is 0 Å². The third kappa shape index (κ3) is 7.13. The highest BCUT2D eigenvalue weighted by molar-refractivity contribution is 5.83. The zero-order chi connectivity index (χ0) is 35.3. The summed E-state index contributed by atoms with van der Waals surface area (Å²) in [5.41, 5.74) is 16.5. The van der Waals surface area contributed by atoms with Gasteiger partial charge in [0.05, 0.1) is 0 Å². The lowest BCUT2D eigenvalue weighted by Gasteiger charge is -2.27. The van der Waals surface area contributed by atoms with Gasteiger partial charge in [-0.3, -0.25) is 0 Å². The van der Waals surface area contributed by atoms with Crippen LogP contribution in [-0.4, -0.2) is 6.04 Å². The molecule has 0 amide bonds. The van der Waals surface area contributed by atoms with Gasteiger partial charge < -0.3 is 4.90 Å². The smallest absolute Gasteiger partial charge is 0.0450 e. The van der Waals surface area contributed by atoms with Crippen molar-refractivity contribution in [1.29, 1.82) is 0 Å². The van der Waals surface area contributed by atoms with Gasteiger partial charge in [-0.05, 0) is 101 Å². The van der Waals surface area contributed by atoms with Gasteiger partial charge in [-0.2, -0.15) is 0 Å². The third-order valence-corrected chi connectivity index (χ3v) is 10.7. The Morgan fingerprint density at radius 1 is 0.519 bits per heavy atom. The summed E-state index contributed by atoms with van der Waals surface area (Å²) in [6.07, 6.45) is 17.1. The largest absolute Gasteiger partial charge is 0.338 e. The molecule has 1 nitrogen and oxygen atoms in total. The van der Waals surface area contributed by atoms with Crippen LogP contribution in [0.4, 0.5) is 11.4 Å². The number of hydrogen-bond donors (Lipinski definition) is 0. The van der Waals surface area contributed by atoms with Gasteiger partial charge in [0, 0.05) is 23.3 Å². The molecule has 254 valence electrons. The van der Waals surface area contributed by atoms with E-state index < -0.39 is 0 Å². The summed E-state index contributed by atoms with van der Waals surface area (Å²) in [5, 5.41) is 0. The molecule has 6 aromatic rings. The van der Waals surface area contributed by atoms with Gasteiger partial charge in [0.25, 0.3) is 0 Å². The maximum Gasteiger partial charge on any atom is 0.0450 e. The topological polar surface area (TPSA) is 3.24 Å². The molecule has 0 spiro atoms. The van der Waals surface area contributed by atoms with Crippen molar-refractivity contribution in [3.63, 3.8) is 0 Å². The first kappa shape index (κ1) is 33.2. The maximum absolute atomic E-state index is 2.61. The number of fused-ring (bicyclic) bond motifs is 3. The van der Waals surface area contributed by atoms with Crippen molar-refractivity contribution >= 4 is 34.7 Å². The molecule has 0 N–H and O–H groups in total. The zero-order valence-corrected chi connectivity index (χ0v) is 30.1. The number of aryl methyl sites for hydroxylation is 2. The van der Waals surface area contributed by atoms with Crippen molar-refractivity contribution in [3.05, 3.63) is 226 Å². The molecule has 1 aliphatic carbocycles. The van der Waals surface area contributed by atoms with Crippen molar-refractivity contribution in [2.45, 2.75) is 45.1 Å². The minimum Gasteiger partial charge on any atom is -0.338 e. The van der Waals surface area contributed by atoms with Gasteiger partial charge in [-0.1, -0.05) is 181 Å².